The molecular formula is C15H21FN2O2. The van der Waals surface area contributed by atoms with Gasteiger partial charge in [0.05, 0.1) is 12.1 Å². The minimum atomic E-state index is -0.565. The summed E-state index contributed by atoms with van der Waals surface area (Å²) in [5.41, 5.74) is 6.45. The zero-order valence-corrected chi connectivity index (χ0v) is 11.7. The summed E-state index contributed by atoms with van der Waals surface area (Å²) in [6, 6.07) is 5.72. The van der Waals surface area contributed by atoms with Gasteiger partial charge in [-0.3, -0.25) is 4.79 Å². The summed E-state index contributed by atoms with van der Waals surface area (Å²) in [5.74, 6) is -0.433. The fraction of sp³-hybridized carbons (Fsp3) is 0.533. The van der Waals surface area contributed by atoms with Crippen molar-refractivity contribution >= 4 is 5.91 Å². The van der Waals surface area contributed by atoms with Crippen molar-refractivity contribution in [2.75, 3.05) is 13.2 Å². The first-order valence-electron chi connectivity index (χ1n) is 6.96. The Balaban J connectivity index is 2.07. The first-order chi connectivity index (χ1) is 9.56. The molecule has 1 aromatic rings. The van der Waals surface area contributed by atoms with Gasteiger partial charge in [-0.15, -0.1) is 0 Å². The minimum absolute atomic E-state index is 0.0614. The van der Waals surface area contributed by atoms with Crippen molar-refractivity contribution in [1.82, 2.24) is 4.90 Å². The summed E-state index contributed by atoms with van der Waals surface area (Å²) >= 11 is 0. The van der Waals surface area contributed by atoms with Crippen molar-refractivity contribution in [1.29, 1.82) is 0 Å². The molecule has 0 bridgehead atoms. The van der Waals surface area contributed by atoms with Gasteiger partial charge in [-0.2, -0.15) is 0 Å². The molecule has 0 spiro atoms. The second-order valence-corrected chi connectivity index (χ2v) is 5.27. The first-order valence-corrected chi connectivity index (χ1v) is 6.96. The normalized spacial score (nSPS) is 19.9. The van der Waals surface area contributed by atoms with E-state index in [1.165, 1.54) is 12.1 Å². The largest absolute Gasteiger partial charge is 0.376 e. The van der Waals surface area contributed by atoms with Crippen molar-refractivity contribution < 1.29 is 13.9 Å². The molecular weight excluding hydrogens is 259 g/mol. The number of carbonyl (C=O) groups excluding carboxylic acids is 1. The predicted octanol–water partition coefficient (Wildman–Crippen LogP) is 1.68. The lowest BCUT2D eigenvalue weighted by atomic mass is 10.1. The minimum Gasteiger partial charge on any atom is -0.376 e. The molecule has 0 saturated carbocycles. The second-order valence-electron chi connectivity index (χ2n) is 5.27. The highest BCUT2D eigenvalue weighted by Crippen LogP contribution is 2.16. The Labute approximate surface area is 118 Å². The monoisotopic (exact) mass is 280 g/mol. The molecule has 4 nitrogen and oxygen atoms in total. The molecule has 1 heterocycles. The molecule has 2 N–H and O–H groups in total. The van der Waals surface area contributed by atoms with Crippen LogP contribution in [0.15, 0.2) is 24.3 Å². The highest BCUT2D eigenvalue weighted by Gasteiger charge is 2.24. The molecule has 1 fully saturated rings. The zero-order chi connectivity index (χ0) is 14.5. The first kappa shape index (κ1) is 14.9. The molecule has 1 saturated heterocycles. The highest BCUT2D eigenvalue weighted by atomic mass is 19.1. The summed E-state index contributed by atoms with van der Waals surface area (Å²) < 4.78 is 18.8. The fourth-order valence-electron chi connectivity index (χ4n) is 2.41. The lowest BCUT2D eigenvalue weighted by Crippen LogP contribution is -2.44. The van der Waals surface area contributed by atoms with Gasteiger partial charge in [0.15, 0.2) is 0 Å². The van der Waals surface area contributed by atoms with Crippen LogP contribution in [0, 0.1) is 5.82 Å². The Bertz CT molecular complexity index is 459. The van der Waals surface area contributed by atoms with Crippen LogP contribution in [0.4, 0.5) is 4.39 Å². The molecule has 20 heavy (non-hydrogen) atoms. The Morgan fingerprint density at radius 3 is 3.00 bits per heavy atom. The van der Waals surface area contributed by atoms with E-state index >= 15 is 0 Å². The number of amides is 1. The molecule has 1 aromatic carbocycles. The van der Waals surface area contributed by atoms with E-state index < -0.39 is 6.04 Å². The maximum atomic E-state index is 13.2. The Kier molecular flexibility index (Phi) is 5.09. The molecule has 2 rings (SSSR count). The van der Waals surface area contributed by atoms with Crippen LogP contribution in [0.3, 0.4) is 0 Å². The van der Waals surface area contributed by atoms with Crippen molar-refractivity contribution in [2.45, 2.75) is 38.5 Å². The van der Waals surface area contributed by atoms with Gasteiger partial charge < -0.3 is 15.4 Å². The van der Waals surface area contributed by atoms with E-state index in [1.54, 1.807) is 24.0 Å². The number of ether oxygens (including phenoxy) is 1. The van der Waals surface area contributed by atoms with Crippen LogP contribution in [-0.2, 0) is 16.1 Å². The SMILES string of the molecule is C[C@H](N)C(=O)N(Cc1cccc(F)c1)CC1CCCO1. The molecule has 5 heteroatoms. The average molecular weight is 280 g/mol. The summed E-state index contributed by atoms with van der Waals surface area (Å²) in [6.45, 7) is 3.27. The summed E-state index contributed by atoms with van der Waals surface area (Å²) in [5, 5.41) is 0. The van der Waals surface area contributed by atoms with Crippen LogP contribution in [-0.4, -0.2) is 36.1 Å². The molecule has 1 aliphatic rings. The number of rotatable bonds is 5. The van der Waals surface area contributed by atoms with Gasteiger partial charge in [0.25, 0.3) is 0 Å². The smallest absolute Gasteiger partial charge is 0.239 e. The van der Waals surface area contributed by atoms with Crippen LogP contribution < -0.4 is 5.73 Å². The Morgan fingerprint density at radius 1 is 1.60 bits per heavy atom. The van der Waals surface area contributed by atoms with E-state index in [0.717, 1.165) is 25.0 Å². The number of halogens is 1. The average Bonchev–Trinajstić information content (AvgIpc) is 2.90. The van der Waals surface area contributed by atoms with Crippen LogP contribution in [0.2, 0.25) is 0 Å². The third-order valence-electron chi connectivity index (χ3n) is 3.41. The van der Waals surface area contributed by atoms with E-state index in [0.29, 0.717) is 13.1 Å². The number of nitrogens with two attached hydrogens (primary N) is 1. The van der Waals surface area contributed by atoms with Crippen LogP contribution in [0.1, 0.15) is 25.3 Å². The third-order valence-corrected chi connectivity index (χ3v) is 3.41. The standard InChI is InChI=1S/C15H21FN2O2/c1-11(17)15(19)18(10-14-6-3-7-20-14)9-12-4-2-5-13(16)8-12/h2,4-5,8,11,14H,3,6-7,9-10,17H2,1H3/t11-,14?/m0/s1. The number of hydrogen-bond donors (Lipinski definition) is 1. The fourth-order valence-corrected chi connectivity index (χ4v) is 2.41. The summed E-state index contributed by atoms with van der Waals surface area (Å²) in [6.07, 6.45) is 2.03. The predicted molar refractivity (Wildman–Crippen MR) is 74.4 cm³/mol. The molecule has 1 unspecified atom stereocenters. The Hall–Kier alpha value is -1.46. The van der Waals surface area contributed by atoms with Gasteiger partial charge >= 0.3 is 0 Å². The van der Waals surface area contributed by atoms with Crippen molar-refractivity contribution in [3.8, 4) is 0 Å². The Morgan fingerprint density at radius 2 is 2.40 bits per heavy atom. The molecule has 0 radical (unpaired) electrons. The van der Waals surface area contributed by atoms with Crippen LogP contribution >= 0.6 is 0 Å². The van der Waals surface area contributed by atoms with Crippen molar-refractivity contribution in [2.24, 2.45) is 5.73 Å². The van der Waals surface area contributed by atoms with E-state index in [-0.39, 0.29) is 17.8 Å². The molecule has 1 amide bonds. The highest BCUT2D eigenvalue weighted by molar-refractivity contribution is 5.81. The topological polar surface area (TPSA) is 55.6 Å². The van der Waals surface area contributed by atoms with Gasteiger partial charge in [-0.25, -0.2) is 4.39 Å². The molecule has 2 atom stereocenters. The maximum absolute atomic E-state index is 13.2. The van der Waals surface area contributed by atoms with Gasteiger partial charge in [-0.1, -0.05) is 12.1 Å². The number of nitrogens with zero attached hydrogens (tertiary/aromatic N) is 1. The zero-order valence-electron chi connectivity index (χ0n) is 11.7. The summed E-state index contributed by atoms with van der Waals surface area (Å²) in [4.78, 5) is 13.8. The summed E-state index contributed by atoms with van der Waals surface area (Å²) in [7, 11) is 0. The number of hydrogen-bond acceptors (Lipinski definition) is 3. The van der Waals surface area contributed by atoms with E-state index in [9.17, 15) is 9.18 Å². The third kappa shape index (κ3) is 4.02. The van der Waals surface area contributed by atoms with E-state index in [4.69, 9.17) is 10.5 Å². The lowest BCUT2D eigenvalue weighted by Gasteiger charge is -2.27. The molecule has 0 aromatic heterocycles. The van der Waals surface area contributed by atoms with Gasteiger partial charge in [0.1, 0.15) is 5.82 Å². The molecule has 1 aliphatic heterocycles. The molecule has 110 valence electrons. The van der Waals surface area contributed by atoms with Gasteiger partial charge in [0, 0.05) is 19.7 Å². The van der Waals surface area contributed by atoms with Gasteiger partial charge in [0.2, 0.25) is 5.91 Å². The maximum Gasteiger partial charge on any atom is 0.239 e. The quantitative estimate of drug-likeness (QED) is 0.893. The molecule has 0 aliphatic carbocycles. The van der Waals surface area contributed by atoms with E-state index in [1.807, 2.05) is 0 Å². The number of benzene rings is 1. The van der Waals surface area contributed by atoms with Crippen molar-refractivity contribution in [3.63, 3.8) is 0 Å². The van der Waals surface area contributed by atoms with Gasteiger partial charge in [-0.05, 0) is 37.5 Å². The van der Waals surface area contributed by atoms with Crippen LogP contribution in [0.25, 0.3) is 0 Å². The van der Waals surface area contributed by atoms with Crippen LogP contribution in [0.5, 0.6) is 0 Å². The number of carbonyl (C=O) groups is 1. The van der Waals surface area contributed by atoms with E-state index in [2.05, 4.69) is 0 Å². The lowest BCUT2D eigenvalue weighted by molar-refractivity contribution is -0.134. The van der Waals surface area contributed by atoms with Crippen molar-refractivity contribution in [3.05, 3.63) is 35.6 Å². The second kappa shape index (κ2) is 6.81.